The van der Waals surface area contributed by atoms with Crippen LogP contribution in [0.2, 0.25) is 0 Å². The van der Waals surface area contributed by atoms with Crippen molar-refractivity contribution in [2.75, 3.05) is 13.6 Å². The number of rotatable bonds is 3. The van der Waals surface area contributed by atoms with E-state index in [4.69, 9.17) is 0 Å². The third-order valence-electron chi connectivity index (χ3n) is 7.30. The molecular formula is C27H22N2O3. The first kappa shape index (κ1) is 19.0. The average molecular weight is 422 g/mol. The topological polar surface area (TPSA) is 66.5 Å². The van der Waals surface area contributed by atoms with Gasteiger partial charge in [0, 0.05) is 31.0 Å². The minimum atomic E-state index is -0.363. The van der Waals surface area contributed by atoms with E-state index in [1.165, 1.54) is 35.4 Å². The number of amides is 3. The quantitative estimate of drug-likeness (QED) is 0.650. The highest BCUT2D eigenvalue weighted by Gasteiger charge is 2.43. The maximum atomic E-state index is 12.9. The normalized spacial score (nSPS) is 22.4. The zero-order valence-electron chi connectivity index (χ0n) is 17.7. The predicted octanol–water partition coefficient (Wildman–Crippen LogP) is 3.94. The number of imide groups is 1. The summed E-state index contributed by atoms with van der Waals surface area (Å²) in [6, 6.07) is 22.0. The Labute approximate surface area is 186 Å². The van der Waals surface area contributed by atoms with E-state index in [1.807, 2.05) is 0 Å². The number of nitrogens with zero attached hydrogens (tertiary/aromatic N) is 1. The zero-order valence-corrected chi connectivity index (χ0v) is 17.7. The molecule has 1 aliphatic heterocycles. The number of carbonyl (C=O) groups excluding carboxylic acids is 3. The van der Waals surface area contributed by atoms with Crippen molar-refractivity contribution in [1.29, 1.82) is 0 Å². The highest BCUT2D eigenvalue weighted by atomic mass is 16.2. The fourth-order valence-electron chi connectivity index (χ4n) is 5.79. The standard InChI is InChI=1S/C27H22N2O3/c1-29-26(31)21-11-10-15(12-23(21)27(29)32)25(30)28-14-16-13-22-17-6-2-4-8-19(17)24(16)20-9-5-3-7-18(20)22/h2-12,16,22,24H,13-14H2,1H3,(H,28,30). The van der Waals surface area contributed by atoms with Gasteiger partial charge in [0.25, 0.3) is 17.7 Å². The van der Waals surface area contributed by atoms with Crippen LogP contribution in [0, 0.1) is 5.92 Å². The van der Waals surface area contributed by atoms with Gasteiger partial charge in [-0.3, -0.25) is 19.3 Å². The van der Waals surface area contributed by atoms with Gasteiger partial charge in [-0.1, -0.05) is 48.5 Å². The summed E-state index contributed by atoms with van der Waals surface area (Å²) in [5, 5.41) is 3.09. The van der Waals surface area contributed by atoms with E-state index in [0.29, 0.717) is 35.1 Å². The maximum Gasteiger partial charge on any atom is 0.261 e. The van der Waals surface area contributed by atoms with Crippen LogP contribution in [0.5, 0.6) is 0 Å². The molecule has 3 amide bonds. The molecule has 7 rings (SSSR count). The average Bonchev–Trinajstić information content (AvgIpc) is 3.06. The van der Waals surface area contributed by atoms with Crippen molar-refractivity contribution in [2.24, 2.45) is 5.92 Å². The molecule has 0 fully saturated rings. The second-order valence-electron chi connectivity index (χ2n) is 8.92. The van der Waals surface area contributed by atoms with Crippen molar-refractivity contribution in [3.8, 4) is 0 Å². The van der Waals surface area contributed by atoms with Crippen LogP contribution in [-0.4, -0.2) is 36.2 Å². The molecule has 3 aliphatic carbocycles. The molecule has 1 N–H and O–H groups in total. The Morgan fingerprint density at radius 3 is 2.12 bits per heavy atom. The van der Waals surface area contributed by atoms with Gasteiger partial charge < -0.3 is 5.32 Å². The van der Waals surface area contributed by atoms with Crippen LogP contribution in [0.25, 0.3) is 0 Å². The first-order chi connectivity index (χ1) is 15.5. The molecule has 0 saturated carbocycles. The summed E-state index contributed by atoms with van der Waals surface area (Å²) in [5.41, 5.74) is 6.60. The molecule has 1 heterocycles. The third kappa shape index (κ3) is 2.60. The van der Waals surface area contributed by atoms with E-state index < -0.39 is 0 Å². The molecule has 4 aliphatic rings. The fraction of sp³-hybridized carbons (Fsp3) is 0.222. The molecule has 2 bridgehead atoms. The second kappa shape index (κ2) is 6.89. The molecule has 3 aromatic carbocycles. The Balaban J connectivity index is 1.26. The van der Waals surface area contributed by atoms with Crippen LogP contribution in [-0.2, 0) is 0 Å². The Hall–Kier alpha value is -3.73. The number of hydrogen-bond donors (Lipinski definition) is 1. The molecule has 5 heteroatoms. The Morgan fingerprint density at radius 1 is 0.875 bits per heavy atom. The van der Waals surface area contributed by atoms with Crippen molar-refractivity contribution in [2.45, 2.75) is 18.3 Å². The van der Waals surface area contributed by atoms with E-state index in [0.717, 1.165) is 11.3 Å². The first-order valence-corrected chi connectivity index (χ1v) is 11.0. The largest absolute Gasteiger partial charge is 0.352 e. The molecule has 32 heavy (non-hydrogen) atoms. The Morgan fingerprint density at radius 2 is 1.47 bits per heavy atom. The highest BCUT2D eigenvalue weighted by molar-refractivity contribution is 6.21. The van der Waals surface area contributed by atoms with Gasteiger partial charge in [-0.25, -0.2) is 0 Å². The molecule has 0 spiro atoms. The lowest BCUT2D eigenvalue weighted by Crippen LogP contribution is -2.39. The molecule has 0 aromatic heterocycles. The van der Waals surface area contributed by atoms with E-state index in [2.05, 4.69) is 53.8 Å². The molecule has 5 nitrogen and oxygen atoms in total. The lowest BCUT2D eigenvalue weighted by Gasteiger charge is -2.45. The van der Waals surface area contributed by atoms with E-state index in [9.17, 15) is 14.4 Å². The molecule has 1 unspecified atom stereocenters. The summed E-state index contributed by atoms with van der Waals surface area (Å²) < 4.78 is 0. The van der Waals surface area contributed by atoms with Gasteiger partial charge in [-0.15, -0.1) is 0 Å². The van der Waals surface area contributed by atoms with Crippen LogP contribution in [0.4, 0.5) is 0 Å². The van der Waals surface area contributed by atoms with E-state index >= 15 is 0 Å². The van der Waals surface area contributed by atoms with Gasteiger partial charge in [0.2, 0.25) is 0 Å². The number of fused-ring (bicyclic) bond motifs is 2. The summed E-state index contributed by atoms with van der Waals surface area (Å²) in [5.74, 6) is 0.0159. The third-order valence-corrected chi connectivity index (χ3v) is 7.30. The lowest BCUT2D eigenvalue weighted by molar-refractivity contribution is 0.0693. The van der Waals surface area contributed by atoms with Crippen molar-refractivity contribution < 1.29 is 14.4 Å². The zero-order chi connectivity index (χ0) is 22.0. The molecule has 3 aromatic rings. The van der Waals surface area contributed by atoms with Crippen LogP contribution in [0.15, 0.2) is 66.7 Å². The number of hydrogen-bond acceptors (Lipinski definition) is 3. The smallest absolute Gasteiger partial charge is 0.261 e. The van der Waals surface area contributed by atoms with Crippen LogP contribution < -0.4 is 5.32 Å². The predicted molar refractivity (Wildman–Crippen MR) is 120 cm³/mol. The number of benzene rings is 3. The molecule has 1 atom stereocenters. The maximum absolute atomic E-state index is 12.9. The van der Waals surface area contributed by atoms with Gasteiger partial charge >= 0.3 is 0 Å². The first-order valence-electron chi connectivity index (χ1n) is 11.0. The lowest BCUT2D eigenvalue weighted by atomic mass is 9.59. The van der Waals surface area contributed by atoms with Gasteiger partial charge in [-0.05, 0) is 52.8 Å². The van der Waals surface area contributed by atoms with Gasteiger partial charge in [0.1, 0.15) is 0 Å². The minimum Gasteiger partial charge on any atom is -0.352 e. The fourth-order valence-corrected chi connectivity index (χ4v) is 5.79. The number of carbonyl (C=O) groups is 3. The van der Waals surface area contributed by atoms with Crippen LogP contribution in [0.3, 0.4) is 0 Å². The molecular weight excluding hydrogens is 400 g/mol. The summed E-state index contributed by atoms with van der Waals surface area (Å²) in [7, 11) is 1.46. The van der Waals surface area contributed by atoms with Crippen molar-refractivity contribution in [3.05, 3.63) is 106 Å². The van der Waals surface area contributed by atoms with Crippen molar-refractivity contribution in [3.63, 3.8) is 0 Å². The van der Waals surface area contributed by atoms with E-state index in [-0.39, 0.29) is 23.6 Å². The Bertz CT molecular complexity index is 1260. The highest BCUT2D eigenvalue weighted by Crippen LogP contribution is 2.55. The van der Waals surface area contributed by atoms with Crippen LogP contribution in [0.1, 0.15) is 71.6 Å². The van der Waals surface area contributed by atoms with Gasteiger partial charge in [0.05, 0.1) is 11.1 Å². The summed E-state index contributed by atoms with van der Waals surface area (Å²) in [6.07, 6.45) is 1.00. The summed E-state index contributed by atoms with van der Waals surface area (Å²) >= 11 is 0. The monoisotopic (exact) mass is 422 g/mol. The van der Waals surface area contributed by atoms with Crippen LogP contribution >= 0.6 is 0 Å². The minimum absolute atomic E-state index is 0.217. The summed E-state index contributed by atoms with van der Waals surface area (Å²) in [6.45, 7) is 0.562. The van der Waals surface area contributed by atoms with Gasteiger partial charge in [0.15, 0.2) is 0 Å². The van der Waals surface area contributed by atoms with E-state index in [1.54, 1.807) is 12.1 Å². The molecule has 0 saturated heterocycles. The molecule has 158 valence electrons. The Kier molecular flexibility index (Phi) is 4.09. The SMILES string of the molecule is CN1C(=O)c2ccc(C(=O)NCC3CC4c5ccccc5C3c3ccccc34)cc2C1=O. The van der Waals surface area contributed by atoms with Crippen molar-refractivity contribution >= 4 is 17.7 Å². The summed E-state index contributed by atoms with van der Waals surface area (Å²) in [4.78, 5) is 38.4. The van der Waals surface area contributed by atoms with Crippen molar-refractivity contribution in [1.82, 2.24) is 10.2 Å². The van der Waals surface area contributed by atoms with Gasteiger partial charge in [-0.2, -0.15) is 0 Å². The molecule has 0 radical (unpaired) electrons. The second-order valence-corrected chi connectivity index (χ2v) is 8.92. The number of nitrogens with one attached hydrogen (secondary N) is 1.